The fraction of sp³-hybridized carbons (Fsp3) is 0.500. The van der Waals surface area contributed by atoms with Crippen molar-refractivity contribution in [2.45, 2.75) is 31.2 Å². The maximum absolute atomic E-state index is 12.8. The Morgan fingerprint density at radius 3 is 1.67 bits per heavy atom. The predicted molar refractivity (Wildman–Crippen MR) is 67.5 cm³/mol. The van der Waals surface area contributed by atoms with Crippen LogP contribution in [-0.4, -0.2) is 22.4 Å². The minimum absolute atomic E-state index is 0.149. The summed E-state index contributed by atoms with van der Waals surface area (Å²) in [5, 5.41) is 21.4. The molecular formula is C12H10F6N2O4. The Labute approximate surface area is 130 Å². The van der Waals surface area contributed by atoms with Gasteiger partial charge in [0, 0.05) is 16.8 Å². The summed E-state index contributed by atoms with van der Waals surface area (Å²) >= 11 is 0. The number of rotatable bonds is 5. The van der Waals surface area contributed by atoms with Crippen molar-refractivity contribution in [2.24, 2.45) is 0 Å². The van der Waals surface area contributed by atoms with Crippen molar-refractivity contribution in [3.8, 4) is 0 Å². The van der Waals surface area contributed by atoms with Crippen LogP contribution in [0.25, 0.3) is 0 Å². The van der Waals surface area contributed by atoms with E-state index in [9.17, 15) is 46.6 Å². The molecule has 1 rings (SSSR count). The van der Waals surface area contributed by atoms with Gasteiger partial charge in [0.15, 0.2) is 0 Å². The quantitative estimate of drug-likeness (QED) is 0.455. The molecule has 2 atom stereocenters. The van der Waals surface area contributed by atoms with Gasteiger partial charge in [-0.1, -0.05) is 0 Å². The van der Waals surface area contributed by atoms with Crippen molar-refractivity contribution < 1.29 is 36.2 Å². The Morgan fingerprint density at radius 1 is 0.958 bits per heavy atom. The minimum atomic E-state index is -5.15. The Balaban J connectivity index is 3.57. The van der Waals surface area contributed by atoms with E-state index in [1.54, 1.807) is 0 Å². The lowest BCUT2D eigenvalue weighted by Crippen LogP contribution is -2.30. The van der Waals surface area contributed by atoms with Crippen molar-refractivity contribution in [3.63, 3.8) is 0 Å². The van der Waals surface area contributed by atoms with E-state index >= 15 is 0 Å². The molecule has 0 saturated heterocycles. The summed E-state index contributed by atoms with van der Waals surface area (Å²) in [6.45, 7) is -0.303. The van der Waals surface area contributed by atoms with Crippen LogP contribution in [0.15, 0.2) is 18.2 Å². The lowest BCUT2D eigenvalue weighted by molar-refractivity contribution is -0.543. The average Bonchev–Trinajstić information content (AvgIpc) is 2.41. The van der Waals surface area contributed by atoms with Crippen LogP contribution in [0.3, 0.4) is 0 Å². The molecule has 0 bridgehead atoms. The van der Waals surface area contributed by atoms with Gasteiger partial charge >= 0.3 is 12.4 Å². The first-order valence-corrected chi connectivity index (χ1v) is 6.28. The highest BCUT2D eigenvalue weighted by Gasteiger charge is 2.40. The van der Waals surface area contributed by atoms with E-state index in [2.05, 4.69) is 0 Å². The summed E-state index contributed by atoms with van der Waals surface area (Å²) in [6.07, 6.45) is -10.3. The molecule has 0 N–H and O–H groups in total. The summed E-state index contributed by atoms with van der Waals surface area (Å²) < 4.78 is 76.7. The fourth-order valence-electron chi connectivity index (χ4n) is 2.04. The van der Waals surface area contributed by atoms with Crippen LogP contribution in [0.5, 0.6) is 0 Å². The molecule has 1 aromatic carbocycles. The van der Waals surface area contributed by atoms with Crippen molar-refractivity contribution in [1.82, 2.24) is 0 Å². The molecule has 0 aliphatic rings. The predicted octanol–water partition coefficient (Wildman–Crippen LogP) is 3.75. The molecule has 0 aromatic heterocycles. The molecule has 1 aromatic rings. The van der Waals surface area contributed by atoms with Crippen molar-refractivity contribution in [2.75, 3.05) is 6.54 Å². The van der Waals surface area contributed by atoms with Crippen LogP contribution in [0, 0.1) is 20.2 Å². The van der Waals surface area contributed by atoms with Gasteiger partial charge in [-0.25, -0.2) is 0 Å². The summed E-state index contributed by atoms with van der Waals surface area (Å²) in [6, 6.07) is -1.36. The normalized spacial score (nSPS) is 15.0. The standard InChI is InChI=1S/C12H10F6N2O4/c1-6(20(23)24)10(5-19(21)22)7-2-8(11(13,14)15)4-9(3-7)12(16,17)18/h2-4,6,10H,5H2,1H3/t6-,10+/m1/s1. The maximum atomic E-state index is 12.8. The van der Waals surface area contributed by atoms with E-state index in [1.807, 2.05) is 0 Å². The second-order valence-corrected chi connectivity index (χ2v) is 4.99. The number of nitrogens with zero attached hydrogens (tertiary/aromatic N) is 2. The molecule has 0 amide bonds. The first kappa shape index (κ1) is 19.6. The number of nitro groups is 2. The second kappa shape index (κ2) is 6.61. The van der Waals surface area contributed by atoms with Crippen LogP contribution >= 0.6 is 0 Å². The monoisotopic (exact) mass is 360 g/mol. The third kappa shape index (κ3) is 4.80. The smallest absolute Gasteiger partial charge is 0.265 e. The molecule has 0 heterocycles. The van der Waals surface area contributed by atoms with Gasteiger partial charge in [-0.2, -0.15) is 26.3 Å². The van der Waals surface area contributed by atoms with Crippen molar-refractivity contribution in [1.29, 1.82) is 0 Å². The van der Waals surface area contributed by atoms with Gasteiger partial charge in [-0.15, -0.1) is 0 Å². The number of benzene rings is 1. The van der Waals surface area contributed by atoms with Crippen LogP contribution < -0.4 is 0 Å². The highest BCUT2D eigenvalue weighted by Crippen LogP contribution is 2.38. The summed E-state index contributed by atoms with van der Waals surface area (Å²) in [5.74, 6) is -1.75. The maximum Gasteiger partial charge on any atom is 0.416 e. The lowest BCUT2D eigenvalue weighted by Gasteiger charge is -2.19. The van der Waals surface area contributed by atoms with E-state index in [-0.39, 0.29) is 18.2 Å². The van der Waals surface area contributed by atoms with E-state index in [0.717, 1.165) is 6.92 Å². The van der Waals surface area contributed by atoms with E-state index in [4.69, 9.17) is 0 Å². The minimum Gasteiger partial charge on any atom is -0.265 e. The number of hydrogen-bond acceptors (Lipinski definition) is 4. The Kier molecular flexibility index (Phi) is 5.41. The zero-order valence-corrected chi connectivity index (χ0v) is 11.9. The van der Waals surface area contributed by atoms with Crippen LogP contribution in [0.2, 0.25) is 0 Å². The van der Waals surface area contributed by atoms with E-state index < -0.39 is 57.4 Å². The number of alkyl halides is 6. The molecular weight excluding hydrogens is 350 g/mol. The summed E-state index contributed by atoms with van der Waals surface area (Å²) in [7, 11) is 0. The molecule has 0 radical (unpaired) electrons. The molecule has 134 valence electrons. The average molecular weight is 360 g/mol. The molecule has 24 heavy (non-hydrogen) atoms. The molecule has 6 nitrogen and oxygen atoms in total. The van der Waals surface area contributed by atoms with Gasteiger partial charge in [-0.3, -0.25) is 20.2 Å². The topological polar surface area (TPSA) is 86.3 Å². The zero-order valence-electron chi connectivity index (χ0n) is 11.9. The molecule has 0 saturated carbocycles. The van der Waals surface area contributed by atoms with Gasteiger partial charge < -0.3 is 0 Å². The lowest BCUT2D eigenvalue weighted by atomic mass is 9.89. The zero-order chi connectivity index (χ0) is 18.9. The third-order valence-electron chi connectivity index (χ3n) is 3.30. The molecule has 0 fully saturated rings. The van der Waals surface area contributed by atoms with Gasteiger partial charge in [0.2, 0.25) is 12.6 Å². The van der Waals surface area contributed by atoms with Crippen LogP contribution in [0.4, 0.5) is 26.3 Å². The number of hydrogen-bond donors (Lipinski definition) is 0. The Morgan fingerprint density at radius 2 is 1.38 bits per heavy atom. The largest absolute Gasteiger partial charge is 0.416 e. The van der Waals surface area contributed by atoms with Gasteiger partial charge in [-0.05, 0) is 23.8 Å². The fourth-order valence-corrected chi connectivity index (χ4v) is 2.04. The van der Waals surface area contributed by atoms with E-state index in [0.29, 0.717) is 0 Å². The first-order chi connectivity index (χ1) is 10.7. The Hall–Kier alpha value is -2.40. The first-order valence-electron chi connectivity index (χ1n) is 6.28. The Bertz CT molecular complexity index is 611. The molecule has 0 aliphatic heterocycles. The van der Waals surface area contributed by atoms with E-state index in [1.165, 1.54) is 0 Å². The highest BCUT2D eigenvalue weighted by molar-refractivity contribution is 5.36. The molecule has 0 unspecified atom stereocenters. The third-order valence-corrected chi connectivity index (χ3v) is 3.30. The van der Waals surface area contributed by atoms with Crippen molar-refractivity contribution >= 4 is 0 Å². The van der Waals surface area contributed by atoms with Crippen LogP contribution in [0.1, 0.15) is 29.5 Å². The highest BCUT2D eigenvalue weighted by atomic mass is 19.4. The summed E-state index contributed by atoms with van der Waals surface area (Å²) in [4.78, 5) is 19.4. The summed E-state index contributed by atoms with van der Waals surface area (Å²) in [5.41, 5.74) is -4.13. The van der Waals surface area contributed by atoms with Gasteiger partial charge in [0.05, 0.1) is 11.1 Å². The van der Waals surface area contributed by atoms with Gasteiger partial charge in [0.25, 0.3) is 0 Å². The number of halogens is 6. The van der Waals surface area contributed by atoms with Crippen LogP contribution in [-0.2, 0) is 12.4 Å². The molecule has 0 spiro atoms. The molecule has 12 heteroatoms. The van der Waals surface area contributed by atoms with Gasteiger partial charge in [0.1, 0.15) is 5.92 Å². The van der Waals surface area contributed by atoms with Crippen molar-refractivity contribution in [3.05, 3.63) is 55.1 Å². The SMILES string of the molecule is C[C@H]([C@H](C[N+](=O)[O-])c1cc(C(F)(F)F)cc(C(F)(F)F)c1)[N+](=O)[O-]. The molecule has 0 aliphatic carbocycles. The second-order valence-electron chi connectivity index (χ2n) is 4.99.